The van der Waals surface area contributed by atoms with Gasteiger partial charge in [-0.3, -0.25) is 14.4 Å². The topological polar surface area (TPSA) is 92.3 Å². The smallest absolute Gasteiger partial charge is 0.219 e. The lowest BCUT2D eigenvalue weighted by atomic mass is 9.88. The molecule has 0 atom stereocenters. The second-order valence-corrected chi connectivity index (χ2v) is 8.90. The van der Waals surface area contributed by atoms with Crippen LogP contribution in [-0.2, 0) is 19.2 Å². The summed E-state index contributed by atoms with van der Waals surface area (Å²) in [4.78, 5) is 46.0. The molecule has 0 saturated heterocycles. The van der Waals surface area contributed by atoms with E-state index in [0.717, 1.165) is 51.4 Å². The third-order valence-electron chi connectivity index (χ3n) is 4.82. The van der Waals surface area contributed by atoms with Crippen molar-refractivity contribution in [2.24, 2.45) is 5.41 Å². The van der Waals surface area contributed by atoms with Gasteiger partial charge in [0.15, 0.2) is 0 Å². The van der Waals surface area contributed by atoms with E-state index in [1.807, 2.05) is 20.8 Å². The molecule has 0 radical (unpaired) electrons. The van der Waals surface area contributed by atoms with Gasteiger partial charge in [-0.05, 0) is 45.4 Å². The van der Waals surface area contributed by atoms with E-state index in [-0.39, 0.29) is 28.8 Å². The maximum atomic E-state index is 11.8. The fraction of sp³-hybridized carbons (Fsp3) is 0.826. The average Bonchev–Trinajstić information content (AvgIpc) is 2.63. The van der Waals surface area contributed by atoms with Crippen LogP contribution in [0.15, 0.2) is 0 Å². The zero-order valence-electron chi connectivity index (χ0n) is 19.0. The Kier molecular flexibility index (Phi) is 15.2. The van der Waals surface area contributed by atoms with Crippen LogP contribution in [0.1, 0.15) is 105 Å². The number of Topliss-reactive ketones (excluding diaryl/α,β-unsaturated/α-hetero) is 2. The molecule has 6 nitrogen and oxygen atoms in total. The molecule has 0 bridgehead atoms. The standard InChI is InChI=1S/C23H42N2O4/c1-19(26)13-7-9-15-21(28)24-17-11-5-6-12-18-25-22(29)16-10-8-14-20(27)23(2,3)4/h5-18H2,1-4H3,(H,24,28)(H,25,29). The molecule has 0 aromatic carbocycles. The maximum absolute atomic E-state index is 11.8. The SMILES string of the molecule is CC(=O)CCCCC(=O)NCCCCCCNC(=O)CCCCC(=O)C(C)(C)C. The Morgan fingerprint density at radius 3 is 1.41 bits per heavy atom. The Bertz CT molecular complexity index is 509. The van der Waals surface area contributed by atoms with Crippen LogP contribution in [0.2, 0.25) is 0 Å². The maximum Gasteiger partial charge on any atom is 0.219 e. The summed E-state index contributed by atoms with van der Waals surface area (Å²) in [6, 6.07) is 0. The van der Waals surface area contributed by atoms with Crippen LogP contribution in [0.3, 0.4) is 0 Å². The number of carbonyl (C=O) groups excluding carboxylic acids is 4. The highest BCUT2D eigenvalue weighted by molar-refractivity contribution is 5.83. The summed E-state index contributed by atoms with van der Waals surface area (Å²) in [6.07, 6.45) is 9.06. The van der Waals surface area contributed by atoms with Crippen molar-refractivity contribution in [2.45, 2.75) is 105 Å². The largest absolute Gasteiger partial charge is 0.356 e. The quantitative estimate of drug-likeness (QED) is 0.353. The molecule has 0 spiro atoms. The Morgan fingerprint density at radius 1 is 0.586 bits per heavy atom. The van der Waals surface area contributed by atoms with Gasteiger partial charge < -0.3 is 15.4 Å². The first-order chi connectivity index (χ1) is 13.6. The van der Waals surface area contributed by atoms with Crippen molar-refractivity contribution in [2.75, 3.05) is 13.1 Å². The van der Waals surface area contributed by atoms with E-state index in [2.05, 4.69) is 10.6 Å². The fourth-order valence-corrected chi connectivity index (χ4v) is 2.84. The van der Waals surface area contributed by atoms with Crippen LogP contribution in [0, 0.1) is 5.41 Å². The fourth-order valence-electron chi connectivity index (χ4n) is 2.84. The molecule has 0 fully saturated rings. The van der Waals surface area contributed by atoms with Crippen molar-refractivity contribution in [3.63, 3.8) is 0 Å². The highest BCUT2D eigenvalue weighted by Gasteiger charge is 2.20. The van der Waals surface area contributed by atoms with E-state index in [9.17, 15) is 19.2 Å². The van der Waals surface area contributed by atoms with Crippen LogP contribution in [0.5, 0.6) is 0 Å². The van der Waals surface area contributed by atoms with Gasteiger partial charge in [0.25, 0.3) is 0 Å². The van der Waals surface area contributed by atoms with Gasteiger partial charge >= 0.3 is 0 Å². The van der Waals surface area contributed by atoms with Crippen molar-refractivity contribution in [1.82, 2.24) is 10.6 Å². The predicted molar refractivity (Wildman–Crippen MR) is 117 cm³/mol. The third kappa shape index (κ3) is 18.1. The monoisotopic (exact) mass is 410 g/mol. The van der Waals surface area contributed by atoms with Gasteiger partial charge in [-0.1, -0.05) is 33.6 Å². The Balaban J connectivity index is 3.43. The second-order valence-electron chi connectivity index (χ2n) is 8.90. The minimum atomic E-state index is -0.290. The first-order valence-electron chi connectivity index (χ1n) is 11.2. The van der Waals surface area contributed by atoms with E-state index >= 15 is 0 Å². The number of hydrogen-bond acceptors (Lipinski definition) is 4. The van der Waals surface area contributed by atoms with Crippen LogP contribution in [0.25, 0.3) is 0 Å². The molecule has 29 heavy (non-hydrogen) atoms. The lowest BCUT2D eigenvalue weighted by Crippen LogP contribution is -2.25. The summed E-state index contributed by atoms with van der Waals surface area (Å²) >= 11 is 0. The number of amides is 2. The summed E-state index contributed by atoms with van der Waals surface area (Å²) in [6.45, 7) is 8.72. The number of ketones is 2. The van der Waals surface area contributed by atoms with Crippen LogP contribution < -0.4 is 10.6 Å². The number of unbranched alkanes of at least 4 members (excludes halogenated alkanes) is 5. The predicted octanol–water partition coefficient (Wildman–Crippen LogP) is 4.10. The minimum absolute atomic E-state index is 0.0602. The van der Waals surface area contributed by atoms with E-state index in [0.29, 0.717) is 38.8 Å². The van der Waals surface area contributed by atoms with Crippen molar-refractivity contribution in [3.8, 4) is 0 Å². The van der Waals surface area contributed by atoms with E-state index in [4.69, 9.17) is 0 Å². The van der Waals surface area contributed by atoms with Gasteiger partial charge in [-0.2, -0.15) is 0 Å². The van der Waals surface area contributed by atoms with Crippen LogP contribution in [0.4, 0.5) is 0 Å². The van der Waals surface area contributed by atoms with E-state index < -0.39 is 0 Å². The van der Waals surface area contributed by atoms with Gasteiger partial charge in [-0.25, -0.2) is 0 Å². The minimum Gasteiger partial charge on any atom is -0.356 e. The van der Waals surface area contributed by atoms with Crippen molar-refractivity contribution < 1.29 is 19.2 Å². The highest BCUT2D eigenvalue weighted by Crippen LogP contribution is 2.18. The van der Waals surface area contributed by atoms with Gasteiger partial charge in [0.05, 0.1) is 0 Å². The van der Waals surface area contributed by atoms with Crippen molar-refractivity contribution >= 4 is 23.4 Å². The molecule has 0 aliphatic rings. The van der Waals surface area contributed by atoms with Crippen LogP contribution >= 0.6 is 0 Å². The first kappa shape index (κ1) is 27.3. The Hall–Kier alpha value is -1.72. The molecule has 2 N–H and O–H groups in total. The molecule has 0 unspecified atom stereocenters. The van der Waals surface area contributed by atoms with Crippen molar-refractivity contribution in [3.05, 3.63) is 0 Å². The molecule has 0 aliphatic carbocycles. The molecular formula is C23H42N2O4. The normalized spacial score (nSPS) is 11.2. The van der Waals surface area contributed by atoms with E-state index in [1.54, 1.807) is 6.92 Å². The van der Waals surface area contributed by atoms with Gasteiger partial charge in [0, 0.05) is 44.2 Å². The molecule has 0 aliphatic heterocycles. The highest BCUT2D eigenvalue weighted by atomic mass is 16.2. The molecule has 168 valence electrons. The lowest BCUT2D eigenvalue weighted by molar-refractivity contribution is -0.127. The van der Waals surface area contributed by atoms with Gasteiger partial charge in [0.2, 0.25) is 11.8 Å². The molecule has 0 saturated carbocycles. The Morgan fingerprint density at radius 2 is 1.00 bits per heavy atom. The molecule has 0 aromatic heterocycles. The number of hydrogen-bond donors (Lipinski definition) is 2. The zero-order chi connectivity index (χ0) is 22.1. The van der Waals surface area contributed by atoms with Crippen molar-refractivity contribution in [1.29, 1.82) is 0 Å². The van der Waals surface area contributed by atoms with Crippen LogP contribution in [-0.4, -0.2) is 36.5 Å². The number of carbonyl (C=O) groups is 4. The zero-order valence-corrected chi connectivity index (χ0v) is 19.0. The Labute approximate surface area is 177 Å². The third-order valence-corrected chi connectivity index (χ3v) is 4.82. The molecular weight excluding hydrogens is 368 g/mol. The number of rotatable bonds is 17. The summed E-state index contributed by atoms with van der Waals surface area (Å²) in [5.41, 5.74) is -0.290. The summed E-state index contributed by atoms with van der Waals surface area (Å²) in [5, 5.41) is 5.84. The summed E-state index contributed by atoms with van der Waals surface area (Å²) in [5.74, 6) is 0.548. The van der Waals surface area contributed by atoms with E-state index in [1.165, 1.54) is 0 Å². The molecule has 0 heterocycles. The average molecular weight is 411 g/mol. The van der Waals surface area contributed by atoms with Gasteiger partial charge in [0.1, 0.15) is 11.6 Å². The summed E-state index contributed by atoms with van der Waals surface area (Å²) < 4.78 is 0. The number of nitrogens with one attached hydrogen (secondary N) is 2. The molecule has 2 amide bonds. The molecule has 0 aromatic rings. The molecule has 6 heteroatoms. The van der Waals surface area contributed by atoms with Gasteiger partial charge in [-0.15, -0.1) is 0 Å². The molecule has 0 rings (SSSR count). The lowest BCUT2D eigenvalue weighted by Gasteiger charge is -2.16. The first-order valence-corrected chi connectivity index (χ1v) is 11.2. The summed E-state index contributed by atoms with van der Waals surface area (Å²) in [7, 11) is 0. The second kappa shape index (κ2) is 16.1.